The van der Waals surface area contributed by atoms with Crippen molar-refractivity contribution in [2.75, 3.05) is 0 Å². The standard InChI is InChI=1S/C17H17ClFNO/c1-3-16(21)17-13(5-4-6-14(17)18)11-7-8-12(10(2)20)15(19)9-11/h4-10H,3,20H2,1-2H3/t10-/m1/s1. The van der Waals surface area contributed by atoms with Gasteiger partial charge in [-0.2, -0.15) is 0 Å². The lowest BCUT2D eigenvalue weighted by molar-refractivity contribution is 0.0989. The Labute approximate surface area is 128 Å². The number of nitrogens with two attached hydrogens (primary N) is 1. The molecule has 2 N–H and O–H groups in total. The molecule has 0 aliphatic rings. The summed E-state index contributed by atoms with van der Waals surface area (Å²) in [7, 11) is 0. The van der Waals surface area contributed by atoms with Crippen LogP contribution in [0.3, 0.4) is 0 Å². The quantitative estimate of drug-likeness (QED) is 0.828. The SMILES string of the molecule is CCC(=O)c1c(Cl)cccc1-c1ccc([C@@H](C)N)c(F)c1. The molecule has 0 saturated carbocycles. The molecule has 0 saturated heterocycles. The average molecular weight is 306 g/mol. The van der Waals surface area contributed by atoms with Crippen molar-refractivity contribution in [3.05, 3.63) is 58.4 Å². The van der Waals surface area contributed by atoms with Crippen LogP contribution in [0.4, 0.5) is 4.39 Å². The Hall–Kier alpha value is -1.71. The fourth-order valence-electron chi connectivity index (χ4n) is 2.29. The van der Waals surface area contributed by atoms with Gasteiger partial charge in [0, 0.05) is 23.6 Å². The first-order valence-corrected chi connectivity index (χ1v) is 7.20. The lowest BCUT2D eigenvalue weighted by Crippen LogP contribution is -2.07. The molecule has 0 bridgehead atoms. The van der Waals surface area contributed by atoms with Gasteiger partial charge in [0.25, 0.3) is 0 Å². The zero-order valence-electron chi connectivity index (χ0n) is 12.0. The number of rotatable bonds is 4. The lowest BCUT2D eigenvalue weighted by Gasteiger charge is -2.13. The van der Waals surface area contributed by atoms with Gasteiger partial charge in [0.1, 0.15) is 5.82 Å². The van der Waals surface area contributed by atoms with E-state index in [1.807, 2.05) is 0 Å². The first-order valence-electron chi connectivity index (χ1n) is 6.82. The second kappa shape index (κ2) is 6.37. The average Bonchev–Trinajstić information content (AvgIpc) is 2.45. The largest absolute Gasteiger partial charge is 0.324 e. The molecule has 0 unspecified atom stereocenters. The van der Waals surface area contributed by atoms with Crippen LogP contribution in [0.25, 0.3) is 11.1 Å². The molecule has 0 spiro atoms. The number of halogens is 2. The van der Waals surface area contributed by atoms with Crippen molar-refractivity contribution >= 4 is 17.4 Å². The van der Waals surface area contributed by atoms with Crippen LogP contribution < -0.4 is 5.73 Å². The first-order chi connectivity index (χ1) is 9.95. The minimum Gasteiger partial charge on any atom is -0.324 e. The number of ketones is 1. The Morgan fingerprint density at radius 3 is 2.62 bits per heavy atom. The van der Waals surface area contributed by atoms with Gasteiger partial charge in [-0.25, -0.2) is 4.39 Å². The van der Waals surface area contributed by atoms with Crippen LogP contribution in [-0.4, -0.2) is 5.78 Å². The summed E-state index contributed by atoms with van der Waals surface area (Å²) in [6.45, 7) is 3.50. The highest BCUT2D eigenvalue weighted by Gasteiger charge is 2.16. The Balaban J connectivity index is 2.60. The second-order valence-corrected chi connectivity index (χ2v) is 5.37. The van der Waals surface area contributed by atoms with Gasteiger partial charge in [-0.3, -0.25) is 4.79 Å². The highest BCUT2D eigenvalue weighted by Crippen LogP contribution is 2.31. The predicted octanol–water partition coefficient (Wildman–Crippen LogP) is 4.76. The summed E-state index contributed by atoms with van der Waals surface area (Å²) >= 11 is 6.14. The smallest absolute Gasteiger partial charge is 0.164 e. The van der Waals surface area contributed by atoms with Gasteiger partial charge < -0.3 is 5.73 Å². The van der Waals surface area contributed by atoms with E-state index in [9.17, 15) is 9.18 Å². The van der Waals surface area contributed by atoms with Crippen LogP contribution >= 0.6 is 11.6 Å². The summed E-state index contributed by atoms with van der Waals surface area (Å²) in [6.07, 6.45) is 0.344. The van der Waals surface area contributed by atoms with Gasteiger partial charge in [-0.1, -0.05) is 42.8 Å². The van der Waals surface area contributed by atoms with Gasteiger partial charge in [-0.05, 0) is 30.2 Å². The fraction of sp³-hybridized carbons (Fsp3) is 0.235. The summed E-state index contributed by atoms with van der Waals surface area (Å²) < 4.78 is 14.1. The van der Waals surface area contributed by atoms with Crippen LogP contribution in [0.1, 0.15) is 42.2 Å². The van der Waals surface area contributed by atoms with Gasteiger partial charge in [-0.15, -0.1) is 0 Å². The Bertz CT molecular complexity index is 682. The number of hydrogen-bond donors (Lipinski definition) is 1. The molecule has 2 aromatic rings. The van der Waals surface area contributed by atoms with Crippen molar-refractivity contribution in [2.45, 2.75) is 26.3 Å². The third-order valence-electron chi connectivity index (χ3n) is 3.42. The van der Waals surface area contributed by atoms with Crippen LogP contribution in [0.2, 0.25) is 5.02 Å². The molecule has 0 amide bonds. The van der Waals surface area contributed by atoms with Crippen molar-refractivity contribution in [2.24, 2.45) is 5.73 Å². The monoisotopic (exact) mass is 305 g/mol. The van der Waals surface area contributed by atoms with Crippen LogP contribution in [0, 0.1) is 5.82 Å². The molecule has 0 aromatic heterocycles. The van der Waals surface area contributed by atoms with Crippen LogP contribution in [0.15, 0.2) is 36.4 Å². The molecular formula is C17H17ClFNO. The van der Waals surface area contributed by atoms with E-state index in [-0.39, 0.29) is 17.6 Å². The second-order valence-electron chi connectivity index (χ2n) is 4.96. The third-order valence-corrected chi connectivity index (χ3v) is 3.73. The maximum atomic E-state index is 14.1. The summed E-state index contributed by atoms with van der Waals surface area (Å²) in [5, 5.41) is 0.385. The maximum absolute atomic E-state index is 14.1. The minimum atomic E-state index is -0.379. The van der Waals surface area contributed by atoms with Gasteiger partial charge in [0.15, 0.2) is 5.78 Å². The molecule has 0 fully saturated rings. The molecule has 2 rings (SSSR count). The van der Waals surface area contributed by atoms with E-state index in [4.69, 9.17) is 17.3 Å². The van der Waals surface area contributed by atoms with E-state index in [1.165, 1.54) is 6.07 Å². The normalized spacial score (nSPS) is 12.2. The molecule has 4 heteroatoms. The number of hydrogen-bond acceptors (Lipinski definition) is 2. The Kier molecular flexibility index (Phi) is 4.76. The zero-order chi connectivity index (χ0) is 15.6. The zero-order valence-corrected chi connectivity index (χ0v) is 12.7. The summed E-state index contributed by atoms with van der Waals surface area (Å²) in [4.78, 5) is 12.1. The molecule has 2 aromatic carbocycles. The van der Waals surface area contributed by atoms with Crippen molar-refractivity contribution in [1.29, 1.82) is 0 Å². The third kappa shape index (κ3) is 3.14. The molecule has 1 atom stereocenters. The van der Waals surface area contributed by atoms with Crippen LogP contribution in [-0.2, 0) is 0 Å². The lowest BCUT2D eigenvalue weighted by atomic mass is 9.94. The van der Waals surface area contributed by atoms with E-state index in [1.54, 1.807) is 44.2 Å². The van der Waals surface area contributed by atoms with Crippen molar-refractivity contribution in [3.8, 4) is 11.1 Å². The molecular weight excluding hydrogens is 289 g/mol. The molecule has 0 aliphatic carbocycles. The van der Waals surface area contributed by atoms with Gasteiger partial charge in [0.05, 0.1) is 5.02 Å². The van der Waals surface area contributed by atoms with E-state index < -0.39 is 0 Å². The summed E-state index contributed by atoms with van der Waals surface area (Å²) in [5.41, 5.74) is 7.86. The first kappa shape index (κ1) is 15.7. The van der Waals surface area contributed by atoms with E-state index in [0.29, 0.717) is 33.7 Å². The molecule has 0 radical (unpaired) electrons. The maximum Gasteiger partial charge on any atom is 0.164 e. The van der Waals surface area contributed by atoms with E-state index >= 15 is 0 Å². The highest BCUT2D eigenvalue weighted by atomic mass is 35.5. The topological polar surface area (TPSA) is 43.1 Å². The van der Waals surface area contributed by atoms with Crippen molar-refractivity contribution in [1.82, 2.24) is 0 Å². The minimum absolute atomic E-state index is 0.0627. The number of benzene rings is 2. The highest BCUT2D eigenvalue weighted by molar-refractivity contribution is 6.34. The summed E-state index contributed by atoms with van der Waals surface area (Å²) in [5.74, 6) is -0.440. The molecule has 21 heavy (non-hydrogen) atoms. The molecule has 2 nitrogen and oxygen atoms in total. The fourth-order valence-corrected chi connectivity index (χ4v) is 2.57. The Morgan fingerprint density at radius 2 is 2.05 bits per heavy atom. The molecule has 110 valence electrons. The Morgan fingerprint density at radius 1 is 1.33 bits per heavy atom. The number of carbonyl (C=O) groups excluding carboxylic acids is 1. The van der Waals surface area contributed by atoms with Gasteiger partial charge in [0.2, 0.25) is 0 Å². The van der Waals surface area contributed by atoms with Crippen LogP contribution in [0.5, 0.6) is 0 Å². The van der Waals surface area contributed by atoms with E-state index in [0.717, 1.165) is 0 Å². The van der Waals surface area contributed by atoms with Crippen molar-refractivity contribution in [3.63, 3.8) is 0 Å². The molecule has 0 heterocycles. The van der Waals surface area contributed by atoms with E-state index in [2.05, 4.69) is 0 Å². The van der Waals surface area contributed by atoms with Gasteiger partial charge >= 0.3 is 0 Å². The number of Topliss-reactive ketones (excluding diaryl/α,β-unsaturated/α-hetero) is 1. The summed E-state index contributed by atoms with van der Waals surface area (Å²) in [6, 6.07) is 9.62. The van der Waals surface area contributed by atoms with Crippen molar-refractivity contribution < 1.29 is 9.18 Å². The number of carbonyl (C=O) groups is 1. The predicted molar refractivity (Wildman–Crippen MR) is 84.1 cm³/mol. The molecule has 0 aliphatic heterocycles.